The number of carbonyl (C=O) groups is 1. The highest BCUT2D eigenvalue weighted by molar-refractivity contribution is 7.09. The van der Waals surface area contributed by atoms with Gasteiger partial charge in [-0.2, -0.15) is 0 Å². The van der Waals surface area contributed by atoms with Crippen molar-refractivity contribution in [3.8, 4) is 5.75 Å². The summed E-state index contributed by atoms with van der Waals surface area (Å²) >= 11 is 7.66. The third-order valence-corrected chi connectivity index (χ3v) is 4.01. The van der Waals surface area contributed by atoms with Crippen molar-refractivity contribution in [2.45, 2.75) is 13.5 Å². The van der Waals surface area contributed by atoms with Crippen molar-refractivity contribution in [1.29, 1.82) is 0 Å². The van der Waals surface area contributed by atoms with Gasteiger partial charge in [0.05, 0.1) is 11.6 Å². The quantitative estimate of drug-likeness (QED) is 0.842. The van der Waals surface area contributed by atoms with E-state index in [0.29, 0.717) is 17.3 Å². The summed E-state index contributed by atoms with van der Waals surface area (Å²) in [5, 5.41) is 2.51. The normalized spacial score (nSPS) is 10.3. The molecule has 0 atom stereocenters. The van der Waals surface area contributed by atoms with Gasteiger partial charge in [-0.15, -0.1) is 11.3 Å². The Morgan fingerprint density at radius 3 is 2.90 bits per heavy atom. The summed E-state index contributed by atoms with van der Waals surface area (Å²) in [6.45, 7) is 2.54. The van der Waals surface area contributed by atoms with Crippen molar-refractivity contribution in [2.75, 3.05) is 13.7 Å². The van der Waals surface area contributed by atoms with Crippen LogP contribution in [0.2, 0.25) is 5.02 Å². The molecule has 0 aliphatic rings. The van der Waals surface area contributed by atoms with Crippen LogP contribution in [-0.2, 0) is 11.3 Å². The van der Waals surface area contributed by atoms with Crippen molar-refractivity contribution in [1.82, 2.24) is 4.90 Å². The van der Waals surface area contributed by atoms with Crippen molar-refractivity contribution in [3.05, 3.63) is 51.2 Å². The summed E-state index contributed by atoms with van der Waals surface area (Å²) in [4.78, 5) is 14.8. The van der Waals surface area contributed by atoms with Gasteiger partial charge in [-0.25, -0.2) is 0 Å². The first-order valence-corrected chi connectivity index (χ1v) is 7.47. The summed E-state index contributed by atoms with van der Waals surface area (Å²) in [6, 6.07) is 9.48. The molecule has 0 spiro atoms. The summed E-state index contributed by atoms with van der Waals surface area (Å²) in [6.07, 6.45) is 0. The fourth-order valence-electron chi connectivity index (χ4n) is 1.70. The number of halogens is 1. The Morgan fingerprint density at radius 1 is 1.40 bits per heavy atom. The molecule has 0 saturated carbocycles. The van der Waals surface area contributed by atoms with Crippen LogP contribution in [0.3, 0.4) is 0 Å². The zero-order valence-corrected chi connectivity index (χ0v) is 13.0. The molecule has 1 aromatic carbocycles. The molecular formula is C15H16ClNO2S. The third kappa shape index (κ3) is 3.99. The van der Waals surface area contributed by atoms with E-state index in [-0.39, 0.29) is 12.5 Å². The Hall–Kier alpha value is -1.52. The molecule has 20 heavy (non-hydrogen) atoms. The smallest absolute Gasteiger partial charge is 0.260 e. The topological polar surface area (TPSA) is 29.5 Å². The van der Waals surface area contributed by atoms with E-state index in [1.807, 2.05) is 36.6 Å². The van der Waals surface area contributed by atoms with Gasteiger partial charge in [0.1, 0.15) is 5.75 Å². The number of nitrogens with zero attached hydrogens (tertiary/aromatic N) is 1. The van der Waals surface area contributed by atoms with Gasteiger partial charge < -0.3 is 9.64 Å². The van der Waals surface area contributed by atoms with E-state index in [2.05, 4.69) is 0 Å². The molecule has 106 valence electrons. The van der Waals surface area contributed by atoms with E-state index in [1.165, 1.54) is 0 Å². The van der Waals surface area contributed by atoms with Gasteiger partial charge in [-0.1, -0.05) is 23.7 Å². The summed E-state index contributed by atoms with van der Waals surface area (Å²) in [7, 11) is 1.77. The number of thiophene rings is 1. The van der Waals surface area contributed by atoms with Crippen LogP contribution in [0.1, 0.15) is 10.4 Å². The summed E-state index contributed by atoms with van der Waals surface area (Å²) in [5.41, 5.74) is 1.05. The lowest BCUT2D eigenvalue weighted by Gasteiger charge is -2.17. The average molecular weight is 310 g/mol. The summed E-state index contributed by atoms with van der Waals surface area (Å²) < 4.78 is 5.50. The Balaban J connectivity index is 1.89. The SMILES string of the molecule is Cc1ccc(Cl)c(OCC(=O)N(C)Cc2cccs2)c1. The number of aryl methyl sites for hydroxylation is 1. The molecule has 0 fully saturated rings. The van der Waals surface area contributed by atoms with Crippen LogP contribution in [0.4, 0.5) is 0 Å². The van der Waals surface area contributed by atoms with Crippen LogP contribution in [0.5, 0.6) is 5.75 Å². The number of hydrogen-bond donors (Lipinski definition) is 0. The molecule has 2 rings (SSSR count). The second kappa shape index (κ2) is 6.77. The molecule has 5 heteroatoms. The van der Waals surface area contributed by atoms with Crippen molar-refractivity contribution < 1.29 is 9.53 Å². The van der Waals surface area contributed by atoms with Gasteiger partial charge in [0.2, 0.25) is 0 Å². The zero-order chi connectivity index (χ0) is 14.5. The van der Waals surface area contributed by atoms with E-state index in [1.54, 1.807) is 29.4 Å². The molecular weight excluding hydrogens is 294 g/mol. The maximum Gasteiger partial charge on any atom is 0.260 e. The predicted molar refractivity (Wildman–Crippen MR) is 82.5 cm³/mol. The fraction of sp³-hybridized carbons (Fsp3) is 0.267. The Labute approximate surface area is 127 Å². The highest BCUT2D eigenvalue weighted by Gasteiger charge is 2.11. The van der Waals surface area contributed by atoms with E-state index in [4.69, 9.17) is 16.3 Å². The first-order chi connectivity index (χ1) is 9.56. The fourth-order valence-corrected chi connectivity index (χ4v) is 2.62. The molecule has 1 aromatic heterocycles. The van der Waals surface area contributed by atoms with Crippen LogP contribution in [0.25, 0.3) is 0 Å². The lowest BCUT2D eigenvalue weighted by Crippen LogP contribution is -2.30. The lowest BCUT2D eigenvalue weighted by molar-refractivity contribution is -0.132. The molecule has 1 heterocycles. The Bertz CT molecular complexity index is 584. The second-order valence-corrected chi connectivity index (χ2v) is 5.99. The van der Waals surface area contributed by atoms with E-state index >= 15 is 0 Å². The highest BCUT2D eigenvalue weighted by Crippen LogP contribution is 2.25. The number of amides is 1. The number of likely N-dealkylation sites (N-methyl/N-ethyl adjacent to an activating group) is 1. The molecule has 0 aliphatic heterocycles. The maximum atomic E-state index is 12.0. The minimum Gasteiger partial charge on any atom is -0.482 e. The number of ether oxygens (including phenoxy) is 1. The number of rotatable bonds is 5. The minimum absolute atomic E-state index is 0.00888. The largest absolute Gasteiger partial charge is 0.482 e. The lowest BCUT2D eigenvalue weighted by atomic mass is 10.2. The second-order valence-electron chi connectivity index (χ2n) is 4.55. The zero-order valence-electron chi connectivity index (χ0n) is 11.4. The molecule has 0 bridgehead atoms. The number of carbonyl (C=O) groups excluding carboxylic acids is 1. The predicted octanol–water partition coefficient (Wildman–Crippen LogP) is 3.75. The molecule has 3 nitrogen and oxygen atoms in total. The van der Waals surface area contributed by atoms with E-state index in [0.717, 1.165) is 10.4 Å². The van der Waals surface area contributed by atoms with Gasteiger partial charge >= 0.3 is 0 Å². The van der Waals surface area contributed by atoms with Crippen LogP contribution < -0.4 is 4.74 Å². The standard InChI is InChI=1S/C15H16ClNO2S/c1-11-5-6-13(16)14(8-11)19-10-15(18)17(2)9-12-4-3-7-20-12/h3-8H,9-10H2,1-2H3. The van der Waals surface area contributed by atoms with Gasteiger partial charge in [0.25, 0.3) is 5.91 Å². The first kappa shape index (κ1) is 14.9. The van der Waals surface area contributed by atoms with Crippen LogP contribution in [0.15, 0.2) is 35.7 Å². The average Bonchev–Trinajstić information content (AvgIpc) is 2.92. The van der Waals surface area contributed by atoms with Crippen LogP contribution >= 0.6 is 22.9 Å². The van der Waals surface area contributed by atoms with Gasteiger partial charge in [-0.05, 0) is 36.1 Å². The molecule has 0 radical (unpaired) electrons. The summed E-state index contributed by atoms with van der Waals surface area (Å²) in [5.74, 6) is 0.473. The highest BCUT2D eigenvalue weighted by atomic mass is 35.5. The number of benzene rings is 1. The monoisotopic (exact) mass is 309 g/mol. The van der Waals surface area contributed by atoms with Gasteiger partial charge in [0, 0.05) is 11.9 Å². The van der Waals surface area contributed by atoms with E-state index < -0.39 is 0 Å². The Morgan fingerprint density at radius 2 is 2.20 bits per heavy atom. The van der Waals surface area contributed by atoms with Crippen molar-refractivity contribution in [3.63, 3.8) is 0 Å². The molecule has 0 saturated heterocycles. The molecule has 1 amide bonds. The molecule has 0 N–H and O–H groups in total. The van der Waals surface area contributed by atoms with Crippen molar-refractivity contribution in [2.24, 2.45) is 0 Å². The minimum atomic E-state index is -0.0732. The van der Waals surface area contributed by atoms with Crippen molar-refractivity contribution >= 4 is 28.8 Å². The molecule has 2 aromatic rings. The van der Waals surface area contributed by atoms with Gasteiger partial charge in [0.15, 0.2) is 6.61 Å². The maximum absolute atomic E-state index is 12.0. The first-order valence-electron chi connectivity index (χ1n) is 6.21. The number of hydrogen-bond acceptors (Lipinski definition) is 3. The molecule has 0 unspecified atom stereocenters. The van der Waals surface area contributed by atoms with E-state index in [9.17, 15) is 4.79 Å². The van der Waals surface area contributed by atoms with Gasteiger partial charge in [-0.3, -0.25) is 4.79 Å². The Kier molecular flexibility index (Phi) is 5.04. The van der Waals surface area contributed by atoms with Crippen LogP contribution in [-0.4, -0.2) is 24.5 Å². The third-order valence-electron chi connectivity index (χ3n) is 2.84. The van der Waals surface area contributed by atoms with Crippen LogP contribution in [0, 0.1) is 6.92 Å². The molecule has 0 aliphatic carbocycles.